The predicted octanol–water partition coefficient (Wildman–Crippen LogP) is 0.450. The summed E-state index contributed by atoms with van der Waals surface area (Å²) >= 11 is 0. The molecule has 10 heteroatoms. The van der Waals surface area contributed by atoms with E-state index in [4.69, 9.17) is 4.74 Å². The monoisotopic (exact) mass is 420 g/mol. The molecule has 1 aliphatic heterocycles. The zero-order valence-electron chi connectivity index (χ0n) is 16.4. The number of hydrogen-bond donors (Lipinski definition) is 1. The summed E-state index contributed by atoms with van der Waals surface area (Å²) in [6, 6.07) is 9.29. The zero-order chi connectivity index (χ0) is 21.0. The van der Waals surface area contributed by atoms with Crippen molar-refractivity contribution in [1.82, 2.24) is 19.4 Å². The van der Waals surface area contributed by atoms with E-state index in [1.165, 1.54) is 4.31 Å². The van der Waals surface area contributed by atoms with Gasteiger partial charge in [-0.3, -0.25) is 9.59 Å². The summed E-state index contributed by atoms with van der Waals surface area (Å²) < 4.78 is 32.7. The molecular weight excluding hydrogens is 396 g/mol. The molecule has 3 rings (SSSR count). The molecule has 0 unspecified atom stereocenters. The highest BCUT2D eigenvalue weighted by molar-refractivity contribution is 7.89. The third-order valence-corrected chi connectivity index (χ3v) is 6.61. The Labute approximate surface area is 169 Å². The maximum absolute atomic E-state index is 12.6. The first-order chi connectivity index (χ1) is 13.8. The van der Waals surface area contributed by atoms with Crippen LogP contribution in [0.3, 0.4) is 0 Å². The average molecular weight is 420 g/mol. The summed E-state index contributed by atoms with van der Waals surface area (Å²) in [5.74, 6) is -1.85. The third kappa shape index (κ3) is 4.72. The van der Waals surface area contributed by atoms with Gasteiger partial charge >= 0.3 is 0 Å². The van der Waals surface area contributed by atoms with Gasteiger partial charge in [-0.1, -0.05) is 18.2 Å². The second kappa shape index (κ2) is 8.85. The standard InChI is InChI=1S/C19H24N4O5S/c1-14-17(15(2)23(21-14)16-6-4-3-5-7-16)18(24)19(25)20-8-13-29(26,27)22-9-11-28-12-10-22/h3-7H,8-13H2,1-2H3,(H,20,25). The van der Waals surface area contributed by atoms with E-state index in [1.807, 2.05) is 30.3 Å². The van der Waals surface area contributed by atoms with Gasteiger partial charge in [-0.25, -0.2) is 13.1 Å². The third-order valence-electron chi connectivity index (χ3n) is 4.73. The van der Waals surface area contributed by atoms with Crippen LogP contribution in [0.1, 0.15) is 21.7 Å². The normalized spacial score (nSPS) is 15.2. The number of aryl methyl sites for hydroxylation is 1. The van der Waals surface area contributed by atoms with E-state index in [9.17, 15) is 18.0 Å². The SMILES string of the molecule is Cc1nn(-c2ccccc2)c(C)c1C(=O)C(=O)NCCS(=O)(=O)N1CCOCC1. The molecule has 1 aliphatic rings. The maximum atomic E-state index is 12.6. The number of Topliss-reactive ketones (excluding diaryl/α,β-unsaturated/α-hetero) is 1. The van der Waals surface area contributed by atoms with Crippen molar-refractivity contribution in [2.45, 2.75) is 13.8 Å². The number of morpholine rings is 1. The first-order valence-electron chi connectivity index (χ1n) is 9.31. The summed E-state index contributed by atoms with van der Waals surface area (Å²) in [5, 5.41) is 6.78. The summed E-state index contributed by atoms with van der Waals surface area (Å²) in [6.07, 6.45) is 0. The van der Waals surface area contributed by atoms with Crippen molar-refractivity contribution in [3.05, 3.63) is 47.3 Å². The molecule has 1 aromatic carbocycles. The van der Waals surface area contributed by atoms with Crippen LogP contribution in [0, 0.1) is 13.8 Å². The van der Waals surface area contributed by atoms with Crippen molar-refractivity contribution in [2.24, 2.45) is 0 Å². The summed E-state index contributed by atoms with van der Waals surface area (Å²) in [5.41, 5.74) is 1.99. The predicted molar refractivity (Wildman–Crippen MR) is 107 cm³/mol. The van der Waals surface area contributed by atoms with E-state index in [1.54, 1.807) is 18.5 Å². The summed E-state index contributed by atoms with van der Waals surface area (Å²) in [7, 11) is -3.51. The lowest BCUT2D eigenvalue weighted by Gasteiger charge is -2.25. The van der Waals surface area contributed by atoms with Crippen LogP contribution in [-0.2, 0) is 19.6 Å². The van der Waals surface area contributed by atoms with Crippen molar-refractivity contribution >= 4 is 21.7 Å². The van der Waals surface area contributed by atoms with E-state index in [0.717, 1.165) is 5.69 Å². The van der Waals surface area contributed by atoms with Gasteiger partial charge in [0, 0.05) is 19.6 Å². The Hall–Kier alpha value is -2.56. The van der Waals surface area contributed by atoms with Crippen LogP contribution in [0.15, 0.2) is 30.3 Å². The molecule has 156 valence electrons. The number of carbonyl (C=O) groups is 2. The van der Waals surface area contributed by atoms with Crippen LogP contribution in [0.4, 0.5) is 0 Å². The van der Waals surface area contributed by atoms with Crippen molar-refractivity contribution in [2.75, 3.05) is 38.6 Å². The highest BCUT2D eigenvalue weighted by Gasteiger charge is 2.27. The van der Waals surface area contributed by atoms with Gasteiger partial charge < -0.3 is 10.1 Å². The minimum Gasteiger partial charge on any atom is -0.379 e. The number of sulfonamides is 1. The van der Waals surface area contributed by atoms with Gasteiger partial charge in [0.25, 0.3) is 11.7 Å². The van der Waals surface area contributed by atoms with E-state index in [-0.39, 0.29) is 17.9 Å². The number of aromatic nitrogens is 2. The van der Waals surface area contributed by atoms with Crippen LogP contribution >= 0.6 is 0 Å². The number of hydrogen-bond acceptors (Lipinski definition) is 6. The molecule has 29 heavy (non-hydrogen) atoms. The van der Waals surface area contributed by atoms with E-state index in [0.29, 0.717) is 37.7 Å². The Bertz CT molecular complexity index is 995. The molecule has 1 aromatic heterocycles. The first kappa shape index (κ1) is 21.2. The van der Waals surface area contributed by atoms with E-state index >= 15 is 0 Å². The van der Waals surface area contributed by atoms with Gasteiger partial charge in [0.2, 0.25) is 10.0 Å². The van der Waals surface area contributed by atoms with E-state index < -0.39 is 21.7 Å². The van der Waals surface area contributed by atoms with Crippen molar-refractivity contribution < 1.29 is 22.7 Å². The Balaban J connectivity index is 1.65. The lowest BCUT2D eigenvalue weighted by molar-refractivity contribution is -0.116. The number of ketones is 1. The molecule has 0 bridgehead atoms. The minimum atomic E-state index is -3.51. The number of nitrogens with one attached hydrogen (secondary N) is 1. The molecule has 0 radical (unpaired) electrons. The molecule has 2 heterocycles. The fourth-order valence-electron chi connectivity index (χ4n) is 3.23. The Morgan fingerprint density at radius 1 is 1.14 bits per heavy atom. The summed E-state index contributed by atoms with van der Waals surface area (Å²) in [4.78, 5) is 25.0. The minimum absolute atomic E-state index is 0.144. The van der Waals surface area contributed by atoms with Crippen LogP contribution in [0.25, 0.3) is 5.69 Å². The van der Waals surface area contributed by atoms with Crippen molar-refractivity contribution in [1.29, 1.82) is 0 Å². The Kier molecular flexibility index (Phi) is 6.46. The van der Waals surface area contributed by atoms with Gasteiger partial charge in [0.05, 0.1) is 41.6 Å². The quantitative estimate of drug-likeness (QED) is 0.514. The lowest BCUT2D eigenvalue weighted by atomic mass is 10.1. The van der Waals surface area contributed by atoms with Crippen LogP contribution in [0.5, 0.6) is 0 Å². The smallest absolute Gasteiger partial charge is 0.292 e. The lowest BCUT2D eigenvalue weighted by Crippen LogP contribution is -2.44. The molecular formula is C19H24N4O5S. The van der Waals surface area contributed by atoms with Crippen LogP contribution in [0.2, 0.25) is 0 Å². The maximum Gasteiger partial charge on any atom is 0.292 e. The molecule has 1 saturated heterocycles. The van der Waals surface area contributed by atoms with Crippen LogP contribution < -0.4 is 5.32 Å². The number of rotatable bonds is 7. The van der Waals surface area contributed by atoms with Crippen molar-refractivity contribution in [3.63, 3.8) is 0 Å². The van der Waals surface area contributed by atoms with E-state index in [2.05, 4.69) is 10.4 Å². The number of carbonyl (C=O) groups excluding carboxylic acids is 2. The number of amides is 1. The molecule has 1 amide bonds. The van der Waals surface area contributed by atoms with Gasteiger partial charge in [0.1, 0.15) is 0 Å². The highest BCUT2D eigenvalue weighted by Crippen LogP contribution is 2.18. The second-order valence-corrected chi connectivity index (χ2v) is 8.79. The molecule has 0 aliphatic carbocycles. The highest BCUT2D eigenvalue weighted by atomic mass is 32.2. The largest absolute Gasteiger partial charge is 0.379 e. The second-order valence-electron chi connectivity index (χ2n) is 6.71. The van der Waals surface area contributed by atoms with Gasteiger partial charge in [-0.2, -0.15) is 9.40 Å². The van der Waals surface area contributed by atoms with Gasteiger partial charge in [-0.15, -0.1) is 0 Å². The fourth-order valence-corrected chi connectivity index (χ4v) is 4.56. The molecule has 1 N–H and O–H groups in total. The van der Waals surface area contributed by atoms with Gasteiger partial charge in [-0.05, 0) is 26.0 Å². The number of nitrogens with zero attached hydrogens (tertiary/aromatic N) is 3. The Morgan fingerprint density at radius 3 is 2.45 bits per heavy atom. The Morgan fingerprint density at radius 2 is 1.79 bits per heavy atom. The summed E-state index contributed by atoms with van der Waals surface area (Å²) in [6.45, 7) is 4.54. The topological polar surface area (TPSA) is 111 Å². The molecule has 9 nitrogen and oxygen atoms in total. The molecule has 2 aromatic rings. The number of benzene rings is 1. The molecule has 0 saturated carbocycles. The molecule has 1 fully saturated rings. The number of ether oxygens (including phenoxy) is 1. The van der Waals surface area contributed by atoms with Gasteiger partial charge in [0.15, 0.2) is 0 Å². The fraction of sp³-hybridized carbons (Fsp3) is 0.421. The van der Waals surface area contributed by atoms with Crippen molar-refractivity contribution in [3.8, 4) is 5.69 Å². The molecule has 0 atom stereocenters. The number of para-hydroxylation sites is 1. The first-order valence-corrected chi connectivity index (χ1v) is 10.9. The average Bonchev–Trinajstić information content (AvgIpc) is 3.02. The zero-order valence-corrected chi connectivity index (χ0v) is 17.2. The molecule has 0 spiro atoms. The van der Waals surface area contributed by atoms with Crippen LogP contribution in [-0.4, -0.2) is 72.8 Å².